The Hall–Kier alpha value is -1.14. The van der Waals surface area contributed by atoms with Gasteiger partial charge in [-0.2, -0.15) is 0 Å². The third-order valence-corrected chi connectivity index (χ3v) is 4.17. The zero-order chi connectivity index (χ0) is 13.1. The van der Waals surface area contributed by atoms with Gasteiger partial charge >= 0.3 is 0 Å². The maximum atomic E-state index is 5.38. The molecule has 0 bridgehead atoms. The van der Waals surface area contributed by atoms with Crippen LogP contribution in [0.1, 0.15) is 0 Å². The van der Waals surface area contributed by atoms with Crippen molar-refractivity contribution in [1.29, 1.82) is 0 Å². The average Bonchev–Trinajstić information content (AvgIpc) is 2.42. The van der Waals surface area contributed by atoms with Gasteiger partial charge in [-0.25, -0.2) is 4.98 Å². The normalized spacial score (nSPS) is 10.2. The second-order valence-electron chi connectivity index (χ2n) is 3.35. The minimum Gasteiger partial charge on any atom is -0.492 e. The van der Waals surface area contributed by atoms with E-state index < -0.39 is 0 Å². The maximum Gasteiger partial charge on any atom is 0.190 e. The van der Waals surface area contributed by atoms with E-state index in [1.807, 2.05) is 18.2 Å². The van der Waals surface area contributed by atoms with Crippen LogP contribution in [0.5, 0.6) is 11.5 Å². The maximum absolute atomic E-state index is 5.38. The lowest BCUT2D eigenvalue weighted by molar-refractivity contribution is 0.352. The van der Waals surface area contributed by atoms with Crippen molar-refractivity contribution in [2.24, 2.45) is 0 Å². The number of nitrogens with zero attached hydrogens (tertiary/aromatic N) is 2. The molecule has 0 atom stereocenters. The molecule has 0 fully saturated rings. The first-order valence-electron chi connectivity index (χ1n) is 5.07. The lowest BCUT2D eigenvalue weighted by Crippen LogP contribution is -1.99. The second kappa shape index (κ2) is 5.67. The van der Waals surface area contributed by atoms with Gasteiger partial charge in [-0.3, -0.25) is 4.98 Å². The lowest BCUT2D eigenvalue weighted by atomic mass is 10.2. The molecule has 2 heterocycles. The Bertz CT molecular complexity index is 562. The number of hydrogen-bond acceptors (Lipinski definition) is 4. The summed E-state index contributed by atoms with van der Waals surface area (Å²) >= 11 is 6.78. The topological polar surface area (TPSA) is 44.2 Å². The zero-order valence-electron chi connectivity index (χ0n) is 9.78. The molecule has 0 aromatic carbocycles. The van der Waals surface area contributed by atoms with Crippen molar-refractivity contribution >= 4 is 31.9 Å². The molecule has 6 heteroatoms. The van der Waals surface area contributed by atoms with Gasteiger partial charge < -0.3 is 9.47 Å². The van der Waals surface area contributed by atoms with Crippen LogP contribution in [0.2, 0.25) is 0 Å². The van der Waals surface area contributed by atoms with Crippen LogP contribution in [0.25, 0.3) is 11.4 Å². The largest absolute Gasteiger partial charge is 0.492 e. The van der Waals surface area contributed by atoms with Gasteiger partial charge in [-0.05, 0) is 44.0 Å². The van der Waals surface area contributed by atoms with Gasteiger partial charge in [0.1, 0.15) is 10.3 Å². The van der Waals surface area contributed by atoms with E-state index in [-0.39, 0.29) is 0 Å². The van der Waals surface area contributed by atoms with Crippen molar-refractivity contribution in [3.63, 3.8) is 0 Å². The summed E-state index contributed by atoms with van der Waals surface area (Å²) in [7, 11) is 3.16. The standard InChI is InChI=1S/C12H10Br2N2O2/c1-17-10-8(13)12(14)16-9(11(10)18-2)7-5-3-4-6-15-7/h3-6H,1-2H3. The number of hydrogen-bond donors (Lipinski definition) is 0. The third kappa shape index (κ3) is 2.35. The number of rotatable bonds is 3. The first kappa shape index (κ1) is 13.3. The van der Waals surface area contributed by atoms with Crippen molar-refractivity contribution in [2.45, 2.75) is 0 Å². The van der Waals surface area contributed by atoms with Gasteiger partial charge in [0.05, 0.1) is 24.4 Å². The van der Waals surface area contributed by atoms with Gasteiger partial charge in [0.2, 0.25) is 0 Å². The molecule has 18 heavy (non-hydrogen) atoms. The van der Waals surface area contributed by atoms with Gasteiger partial charge in [-0.15, -0.1) is 0 Å². The summed E-state index contributed by atoms with van der Waals surface area (Å²) in [5.41, 5.74) is 1.35. The molecule has 0 N–H and O–H groups in total. The highest BCUT2D eigenvalue weighted by Crippen LogP contribution is 2.44. The molecule has 2 aromatic rings. The number of pyridine rings is 2. The average molecular weight is 374 g/mol. The predicted molar refractivity (Wildman–Crippen MR) is 76.0 cm³/mol. The highest BCUT2D eigenvalue weighted by molar-refractivity contribution is 9.13. The van der Waals surface area contributed by atoms with E-state index >= 15 is 0 Å². The first-order chi connectivity index (χ1) is 8.69. The molecule has 0 unspecified atom stereocenters. The summed E-state index contributed by atoms with van der Waals surface area (Å²) in [6.45, 7) is 0. The Balaban J connectivity index is 2.71. The van der Waals surface area contributed by atoms with Gasteiger partial charge in [0, 0.05) is 6.20 Å². The van der Waals surface area contributed by atoms with Crippen LogP contribution < -0.4 is 9.47 Å². The Morgan fingerprint density at radius 3 is 2.33 bits per heavy atom. The fourth-order valence-corrected chi connectivity index (χ4v) is 2.33. The summed E-state index contributed by atoms with van der Waals surface area (Å²) in [5, 5.41) is 0. The summed E-state index contributed by atoms with van der Waals surface area (Å²) in [4.78, 5) is 8.69. The summed E-state index contributed by atoms with van der Waals surface area (Å²) < 4.78 is 12.1. The Labute approximate surface area is 122 Å². The molecule has 94 valence electrons. The van der Waals surface area contributed by atoms with Gasteiger partial charge in [0.15, 0.2) is 11.5 Å². The molecule has 0 aliphatic rings. The third-order valence-electron chi connectivity index (χ3n) is 2.33. The van der Waals surface area contributed by atoms with Gasteiger partial charge in [0.25, 0.3) is 0 Å². The molecular weight excluding hydrogens is 364 g/mol. The fourth-order valence-electron chi connectivity index (χ4n) is 1.55. The molecule has 0 radical (unpaired) electrons. The Morgan fingerprint density at radius 2 is 1.78 bits per heavy atom. The van der Waals surface area contributed by atoms with E-state index in [1.165, 1.54) is 0 Å². The fraction of sp³-hybridized carbons (Fsp3) is 0.167. The van der Waals surface area contributed by atoms with E-state index in [1.54, 1.807) is 20.4 Å². The highest BCUT2D eigenvalue weighted by atomic mass is 79.9. The van der Waals surface area contributed by atoms with Crippen molar-refractivity contribution in [3.8, 4) is 22.9 Å². The molecule has 4 nitrogen and oxygen atoms in total. The molecule has 2 rings (SSSR count). The van der Waals surface area contributed by atoms with E-state index in [2.05, 4.69) is 41.8 Å². The van der Waals surface area contributed by atoms with Crippen LogP contribution in [0.3, 0.4) is 0 Å². The van der Waals surface area contributed by atoms with Crippen LogP contribution in [0.4, 0.5) is 0 Å². The molecule has 0 aliphatic heterocycles. The van der Waals surface area contributed by atoms with E-state index in [9.17, 15) is 0 Å². The molecule has 0 saturated carbocycles. The predicted octanol–water partition coefficient (Wildman–Crippen LogP) is 3.69. The van der Waals surface area contributed by atoms with Crippen LogP contribution in [-0.2, 0) is 0 Å². The zero-order valence-corrected chi connectivity index (χ0v) is 12.9. The molecular formula is C12H10Br2N2O2. The molecule has 0 saturated heterocycles. The van der Waals surface area contributed by atoms with Crippen LogP contribution in [0.15, 0.2) is 33.5 Å². The molecule has 2 aromatic heterocycles. The Morgan fingerprint density at radius 1 is 1.06 bits per heavy atom. The van der Waals surface area contributed by atoms with E-state index in [0.717, 1.165) is 5.69 Å². The summed E-state index contributed by atoms with van der Waals surface area (Å²) in [6, 6.07) is 5.61. The minimum atomic E-state index is 0.547. The van der Waals surface area contributed by atoms with E-state index in [4.69, 9.17) is 9.47 Å². The summed E-state index contributed by atoms with van der Waals surface area (Å²) in [5.74, 6) is 1.13. The highest BCUT2D eigenvalue weighted by Gasteiger charge is 2.20. The van der Waals surface area contributed by atoms with Crippen molar-refractivity contribution in [3.05, 3.63) is 33.5 Å². The molecule has 0 aliphatic carbocycles. The Kier molecular flexibility index (Phi) is 4.19. The van der Waals surface area contributed by atoms with Crippen LogP contribution in [0, 0.1) is 0 Å². The number of halogens is 2. The second-order valence-corrected chi connectivity index (χ2v) is 4.89. The SMILES string of the molecule is COc1c(-c2ccccn2)nc(Br)c(Br)c1OC. The van der Waals surface area contributed by atoms with Crippen LogP contribution >= 0.6 is 31.9 Å². The first-order valence-corrected chi connectivity index (χ1v) is 6.66. The smallest absolute Gasteiger partial charge is 0.190 e. The van der Waals surface area contributed by atoms with Crippen molar-refractivity contribution in [2.75, 3.05) is 14.2 Å². The number of methoxy groups -OCH3 is 2. The molecule has 0 amide bonds. The van der Waals surface area contributed by atoms with Crippen molar-refractivity contribution in [1.82, 2.24) is 9.97 Å². The van der Waals surface area contributed by atoms with Gasteiger partial charge in [-0.1, -0.05) is 6.07 Å². The number of ether oxygens (including phenoxy) is 2. The monoisotopic (exact) mass is 372 g/mol. The molecule has 0 spiro atoms. The van der Waals surface area contributed by atoms with Crippen LogP contribution in [-0.4, -0.2) is 24.2 Å². The lowest BCUT2D eigenvalue weighted by Gasteiger charge is -2.14. The summed E-state index contributed by atoms with van der Waals surface area (Å²) in [6.07, 6.45) is 1.71. The quantitative estimate of drug-likeness (QED) is 0.769. The minimum absolute atomic E-state index is 0.547. The number of aromatic nitrogens is 2. The van der Waals surface area contributed by atoms with E-state index in [0.29, 0.717) is 26.3 Å². The van der Waals surface area contributed by atoms with Crippen molar-refractivity contribution < 1.29 is 9.47 Å².